The van der Waals surface area contributed by atoms with Gasteiger partial charge in [0.05, 0.1) is 4.92 Å². The number of nitro groups is 1. The minimum atomic E-state index is -3.76. The van der Waals surface area contributed by atoms with Crippen molar-refractivity contribution in [3.05, 3.63) is 20.5 Å². The van der Waals surface area contributed by atoms with E-state index >= 15 is 0 Å². The highest BCUT2D eigenvalue weighted by atomic mass is 35.5. The van der Waals surface area contributed by atoms with Crippen molar-refractivity contribution in [3.8, 4) is 11.8 Å². The molecule has 9 heteroatoms. The molecule has 1 rings (SSSR count). The van der Waals surface area contributed by atoms with Crippen LogP contribution in [0.1, 0.15) is 13.3 Å². The number of hydrogen-bond donors (Lipinski definition) is 1. The van der Waals surface area contributed by atoms with Crippen LogP contribution in [0, 0.1) is 22.0 Å². The van der Waals surface area contributed by atoms with E-state index in [0.29, 0.717) is 17.8 Å². The normalized spacial score (nSPS) is 10.8. The molecule has 0 aliphatic carbocycles. The first-order valence-corrected chi connectivity index (χ1v) is 7.39. The van der Waals surface area contributed by atoms with Gasteiger partial charge in [-0.05, 0) is 6.92 Å². The Morgan fingerprint density at radius 3 is 2.78 bits per heavy atom. The average Bonchev–Trinajstić information content (AvgIpc) is 2.68. The summed E-state index contributed by atoms with van der Waals surface area (Å²) in [6, 6.07) is 0.945. The summed E-state index contributed by atoms with van der Waals surface area (Å²) >= 11 is 6.24. The summed E-state index contributed by atoms with van der Waals surface area (Å²) < 4.78 is 25.5. The average molecular weight is 309 g/mol. The van der Waals surface area contributed by atoms with Crippen LogP contribution in [-0.4, -0.2) is 19.9 Å². The van der Waals surface area contributed by atoms with E-state index in [-0.39, 0.29) is 15.1 Å². The van der Waals surface area contributed by atoms with Gasteiger partial charge in [-0.25, -0.2) is 13.1 Å². The molecular weight excluding hydrogens is 300 g/mol. The zero-order valence-electron chi connectivity index (χ0n) is 9.27. The second-order valence-electron chi connectivity index (χ2n) is 3.06. The number of nitrogens with zero attached hydrogens (tertiary/aromatic N) is 1. The molecule has 0 saturated heterocycles. The molecule has 0 unspecified atom stereocenters. The number of thiophene rings is 1. The smallest absolute Gasteiger partial charge is 0.258 e. The molecule has 98 valence electrons. The number of hydrogen-bond acceptors (Lipinski definition) is 5. The van der Waals surface area contributed by atoms with Gasteiger partial charge in [0.2, 0.25) is 10.0 Å². The van der Waals surface area contributed by atoms with Crippen LogP contribution in [0.15, 0.2) is 10.3 Å². The largest absolute Gasteiger partial charge is 0.300 e. The monoisotopic (exact) mass is 308 g/mol. The van der Waals surface area contributed by atoms with Gasteiger partial charge in [-0.3, -0.25) is 10.1 Å². The Kier molecular flexibility index (Phi) is 5.10. The van der Waals surface area contributed by atoms with Gasteiger partial charge in [0.15, 0.2) is 4.34 Å². The Hall–Kier alpha value is -1.14. The maximum absolute atomic E-state index is 11.8. The topological polar surface area (TPSA) is 89.3 Å². The van der Waals surface area contributed by atoms with E-state index in [1.165, 1.54) is 0 Å². The molecule has 0 fully saturated rings. The van der Waals surface area contributed by atoms with Gasteiger partial charge in [0, 0.05) is 19.0 Å². The molecule has 0 aromatic carbocycles. The number of halogens is 1. The van der Waals surface area contributed by atoms with Crippen LogP contribution in [-0.2, 0) is 10.0 Å². The van der Waals surface area contributed by atoms with E-state index < -0.39 is 20.6 Å². The quantitative estimate of drug-likeness (QED) is 0.390. The molecular formula is C9H9ClN2O4S2. The summed E-state index contributed by atoms with van der Waals surface area (Å²) in [5.41, 5.74) is -0.407. The fourth-order valence-electron chi connectivity index (χ4n) is 1.04. The molecule has 1 heterocycles. The Morgan fingerprint density at radius 2 is 2.28 bits per heavy atom. The molecule has 0 bridgehead atoms. The first-order valence-electron chi connectivity index (χ1n) is 4.71. The SMILES string of the molecule is CC#CCCNS(=O)(=O)c1cc([N+](=O)[O-])c(Cl)s1. The van der Waals surface area contributed by atoms with Gasteiger partial charge in [-0.15, -0.1) is 23.2 Å². The molecule has 0 amide bonds. The van der Waals surface area contributed by atoms with Crippen LogP contribution in [0.2, 0.25) is 4.34 Å². The molecule has 1 aromatic rings. The first-order chi connectivity index (χ1) is 8.38. The molecule has 1 N–H and O–H groups in total. The molecule has 6 nitrogen and oxygen atoms in total. The second kappa shape index (κ2) is 6.15. The van der Waals surface area contributed by atoms with E-state index in [1.54, 1.807) is 6.92 Å². The molecule has 0 radical (unpaired) electrons. The lowest BCUT2D eigenvalue weighted by Crippen LogP contribution is -2.23. The zero-order valence-corrected chi connectivity index (χ0v) is 11.7. The van der Waals surface area contributed by atoms with E-state index in [1.807, 2.05) is 0 Å². The fraction of sp³-hybridized carbons (Fsp3) is 0.333. The lowest BCUT2D eigenvalue weighted by Gasteiger charge is -2.00. The maximum atomic E-state index is 11.8. The predicted molar refractivity (Wildman–Crippen MR) is 69.2 cm³/mol. The predicted octanol–water partition coefficient (Wildman–Crippen LogP) is 2.00. The number of nitrogens with one attached hydrogen (secondary N) is 1. The molecule has 0 saturated carbocycles. The van der Waals surface area contributed by atoms with Crippen molar-refractivity contribution >= 4 is 38.6 Å². The molecule has 18 heavy (non-hydrogen) atoms. The summed E-state index contributed by atoms with van der Waals surface area (Å²) in [7, 11) is -3.76. The summed E-state index contributed by atoms with van der Waals surface area (Å²) in [6.45, 7) is 1.80. The third kappa shape index (κ3) is 3.68. The van der Waals surface area contributed by atoms with Crippen LogP contribution in [0.3, 0.4) is 0 Å². The van der Waals surface area contributed by atoms with Crippen molar-refractivity contribution in [1.29, 1.82) is 0 Å². The minimum absolute atomic E-state index is 0.145. The first kappa shape index (κ1) is 14.9. The molecule has 0 aliphatic heterocycles. The Labute approximate surface area is 113 Å². The highest BCUT2D eigenvalue weighted by Gasteiger charge is 2.24. The van der Waals surface area contributed by atoms with Crippen LogP contribution >= 0.6 is 22.9 Å². The lowest BCUT2D eigenvalue weighted by molar-refractivity contribution is -0.384. The standard InChI is InChI=1S/C9H9ClN2O4S2/c1-2-3-4-5-11-18(15,16)8-6-7(12(13)14)9(10)17-8/h6,11H,4-5H2,1H3. The molecule has 1 aromatic heterocycles. The van der Waals surface area contributed by atoms with Gasteiger partial charge in [-0.1, -0.05) is 11.6 Å². The third-order valence-electron chi connectivity index (χ3n) is 1.83. The summed E-state index contributed by atoms with van der Waals surface area (Å²) in [6.07, 6.45) is 0.372. The van der Waals surface area contributed by atoms with Crippen molar-refractivity contribution in [2.45, 2.75) is 17.6 Å². The molecule has 0 atom stereocenters. The van der Waals surface area contributed by atoms with Crippen molar-refractivity contribution in [1.82, 2.24) is 4.72 Å². The highest BCUT2D eigenvalue weighted by Crippen LogP contribution is 2.35. The van der Waals surface area contributed by atoms with Crippen molar-refractivity contribution in [2.24, 2.45) is 0 Å². The summed E-state index contributed by atoms with van der Waals surface area (Å²) in [4.78, 5) is 9.83. The maximum Gasteiger partial charge on any atom is 0.300 e. The van der Waals surface area contributed by atoms with Gasteiger partial charge in [0.25, 0.3) is 5.69 Å². The number of rotatable bonds is 5. The number of sulfonamides is 1. The van der Waals surface area contributed by atoms with Crippen molar-refractivity contribution in [3.63, 3.8) is 0 Å². The molecule has 0 aliphatic rings. The van der Waals surface area contributed by atoms with Gasteiger partial charge in [-0.2, -0.15) is 0 Å². The van der Waals surface area contributed by atoms with E-state index in [2.05, 4.69) is 16.6 Å². The highest BCUT2D eigenvalue weighted by molar-refractivity contribution is 7.91. The van der Waals surface area contributed by atoms with Crippen LogP contribution in [0.4, 0.5) is 5.69 Å². The van der Waals surface area contributed by atoms with E-state index in [4.69, 9.17) is 11.6 Å². The van der Waals surface area contributed by atoms with E-state index in [0.717, 1.165) is 6.07 Å². The third-order valence-corrected chi connectivity index (χ3v) is 5.10. The second-order valence-corrected chi connectivity index (χ2v) is 6.70. The van der Waals surface area contributed by atoms with Gasteiger partial charge < -0.3 is 0 Å². The Balaban J connectivity index is 2.87. The Morgan fingerprint density at radius 1 is 1.61 bits per heavy atom. The molecule has 0 spiro atoms. The summed E-state index contributed by atoms with van der Waals surface area (Å²) in [5, 5.41) is 10.6. The van der Waals surface area contributed by atoms with Gasteiger partial charge >= 0.3 is 0 Å². The minimum Gasteiger partial charge on any atom is -0.258 e. The van der Waals surface area contributed by atoms with Crippen molar-refractivity contribution in [2.75, 3.05) is 6.54 Å². The van der Waals surface area contributed by atoms with Crippen molar-refractivity contribution < 1.29 is 13.3 Å². The van der Waals surface area contributed by atoms with Crippen LogP contribution < -0.4 is 4.72 Å². The Bertz CT molecular complexity index is 612. The van der Waals surface area contributed by atoms with Crippen LogP contribution in [0.5, 0.6) is 0 Å². The van der Waals surface area contributed by atoms with Gasteiger partial charge in [0.1, 0.15) is 4.21 Å². The fourth-order valence-corrected chi connectivity index (χ4v) is 3.78. The zero-order chi connectivity index (χ0) is 13.8. The lowest BCUT2D eigenvalue weighted by atomic mass is 10.4. The summed E-state index contributed by atoms with van der Waals surface area (Å²) in [5.74, 6) is 5.33. The van der Waals surface area contributed by atoms with Crippen LogP contribution in [0.25, 0.3) is 0 Å². The van der Waals surface area contributed by atoms with E-state index in [9.17, 15) is 18.5 Å².